The number of benzene rings is 1. The molecule has 0 radical (unpaired) electrons. The molecule has 4 atom stereocenters. The molecule has 7 heteroatoms. The first-order valence-corrected chi connectivity index (χ1v) is 13.1. The summed E-state index contributed by atoms with van der Waals surface area (Å²) in [5.74, 6) is 1.49. The van der Waals surface area contributed by atoms with Gasteiger partial charge in [-0.2, -0.15) is 0 Å². The van der Waals surface area contributed by atoms with Crippen LogP contribution in [0.3, 0.4) is 0 Å². The van der Waals surface area contributed by atoms with Crippen molar-refractivity contribution >= 4 is 13.1 Å². The Morgan fingerprint density at radius 3 is 2.44 bits per heavy atom. The van der Waals surface area contributed by atoms with E-state index in [-0.39, 0.29) is 30.2 Å². The van der Waals surface area contributed by atoms with Crippen LogP contribution in [0.1, 0.15) is 52.5 Å². The summed E-state index contributed by atoms with van der Waals surface area (Å²) in [7, 11) is -0.169. The third-order valence-electron chi connectivity index (χ3n) is 9.09. The molecule has 0 aromatic heterocycles. The van der Waals surface area contributed by atoms with Crippen LogP contribution in [0.5, 0.6) is 0 Å². The molecular weight excluding hydrogens is 429 g/mol. The molecule has 1 aromatic carbocycles. The van der Waals surface area contributed by atoms with E-state index in [0.29, 0.717) is 30.4 Å². The number of carbonyl (C=O) groups is 1. The van der Waals surface area contributed by atoms with Crippen molar-refractivity contribution in [3.8, 4) is 0 Å². The number of esters is 1. The van der Waals surface area contributed by atoms with Gasteiger partial charge in [0.15, 0.2) is 0 Å². The molecule has 186 valence electrons. The molecule has 34 heavy (non-hydrogen) atoms. The Morgan fingerprint density at radius 2 is 1.79 bits per heavy atom. The third-order valence-corrected chi connectivity index (χ3v) is 9.09. The molecule has 1 aliphatic carbocycles. The van der Waals surface area contributed by atoms with Gasteiger partial charge < -0.3 is 18.8 Å². The molecule has 6 nitrogen and oxygen atoms in total. The molecule has 0 bridgehead atoms. The molecule has 4 aliphatic rings. The van der Waals surface area contributed by atoms with E-state index in [2.05, 4.69) is 32.6 Å². The predicted molar refractivity (Wildman–Crippen MR) is 131 cm³/mol. The highest BCUT2D eigenvalue weighted by Crippen LogP contribution is 2.49. The second kappa shape index (κ2) is 9.57. The Morgan fingerprint density at radius 1 is 1.09 bits per heavy atom. The highest BCUT2D eigenvalue weighted by atomic mass is 16.7. The van der Waals surface area contributed by atoms with Crippen LogP contribution in [-0.4, -0.2) is 61.5 Å². The normalized spacial score (nSPS) is 32.5. The lowest BCUT2D eigenvalue weighted by molar-refractivity contribution is -0.151. The summed E-state index contributed by atoms with van der Waals surface area (Å²) in [6.07, 6.45) is 3.83. The quantitative estimate of drug-likeness (QED) is 0.421. The monoisotopic (exact) mass is 469 g/mol. The summed E-state index contributed by atoms with van der Waals surface area (Å²) in [5, 5.41) is 0. The smallest absolute Gasteiger partial charge is 0.457 e. The number of ether oxygens (including phenoxy) is 2. The van der Waals surface area contributed by atoms with E-state index >= 15 is 0 Å². The number of carbonyl (C=O) groups excluding carboxylic acids is 1. The minimum atomic E-state index is -0.295. The first-order chi connectivity index (χ1) is 16.2. The van der Waals surface area contributed by atoms with Crippen molar-refractivity contribution in [2.45, 2.75) is 77.1 Å². The van der Waals surface area contributed by atoms with Crippen LogP contribution in [0.2, 0.25) is 6.32 Å². The Kier molecular flexibility index (Phi) is 6.84. The molecular formula is C27H40BNO5. The lowest BCUT2D eigenvalue weighted by atomic mass is 9.77. The SMILES string of the molecule is CC1(C)OB(CCCC2C(C(=O)OCc3ccccc3)CC3CN(C4COC4)CC32)OC1(C)C. The molecule has 1 saturated carbocycles. The van der Waals surface area contributed by atoms with Crippen molar-refractivity contribution < 1.29 is 23.6 Å². The number of nitrogens with zero attached hydrogens (tertiary/aromatic N) is 1. The van der Waals surface area contributed by atoms with Gasteiger partial charge in [-0.15, -0.1) is 0 Å². The fourth-order valence-electron chi connectivity index (χ4n) is 6.32. The molecule has 1 aromatic rings. The van der Waals surface area contributed by atoms with Crippen LogP contribution in [0.15, 0.2) is 30.3 Å². The van der Waals surface area contributed by atoms with Gasteiger partial charge >= 0.3 is 13.1 Å². The maximum atomic E-state index is 13.2. The molecule has 4 fully saturated rings. The molecule has 3 saturated heterocycles. The van der Waals surface area contributed by atoms with Gasteiger partial charge in [-0.3, -0.25) is 9.69 Å². The number of fused-ring (bicyclic) bond motifs is 1. The Labute approximate surface area is 204 Å². The average molecular weight is 469 g/mol. The molecule has 0 spiro atoms. The second-order valence-corrected chi connectivity index (χ2v) is 11.8. The lowest BCUT2D eigenvalue weighted by Gasteiger charge is -2.35. The van der Waals surface area contributed by atoms with E-state index in [4.69, 9.17) is 18.8 Å². The number of hydrogen-bond donors (Lipinski definition) is 0. The summed E-state index contributed by atoms with van der Waals surface area (Å²) in [6.45, 7) is 12.7. The third kappa shape index (κ3) is 4.82. The first-order valence-electron chi connectivity index (χ1n) is 13.1. The summed E-state index contributed by atoms with van der Waals surface area (Å²) in [5.41, 5.74) is 0.454. The van der Waals surface area contributed by atoms with Crippen LogP contribution in [-0.2, 0) is 30.2 Å². The van der Waals surface area contributed by atoms with Crippen LogP contribution in [0.4, 0.5) is 0 Å². The minimum absolute atomic E-state index is 0.00296. The van der Waals surface area contributed by atoms with E-state index in [9.17, 15) is 4.79 Å². The number of likely N-dealkylation sites (tertiary alicyclic amines) is 1. The topological polar surface area (TPSA) is 57.2 Å². The van der Waals surface area contributed by atoms with Gasteiger partial charge in [0, 0.05) is 13.1 Å². The molecule has 5 rings (SSSR count). The second-order valence-electron chi connectivity index (χ2n) is 11.8. The Hall–Kier alpha value is -1.41. The van der Waals surface area contributed by atoms with E-state index in [1.165, 1.54) is 0 Å². The Bertz CT molecular complexity index is 842. The summed E-state index contributed by atoms with van der Waals surface area (Å²) >= 11 is 0. The van der Waals surface area contributed by atoms with Gasteiger partial charge in [0.25, 0.3) is 0 Å². The molecule has 0 N–H and O–H groups in total. The number of rotatable bonds is 8. The fourth-order valence-corrected chi connectivity index (χ4v) is 6.32. The van der Waals surface area contributed by atoms with Crippen molar-refractivity contribution in [2.75, 3.05) is 26.3 Å². The van der Waals surface area contributed by atoms with Gasteiger partial charge in [0.1, 0.15) is 6.61 Å². The van der Waals surface area contributed by atoms with Gasteiger partial charge in [-0.25, -0.2) is 0 Å². The summed E-state index contributed by atoms with van der Waals surface area (Å²) in [6, 6.07) is 10.5. The fraction of sp³-hybridized carbons (Fsp3) is 0.741. The lowest BCUT2D eigenvalue weighted by Crippen LogP contribution is -2.48. The van der Waals surface area contributed by atoms with E-state index in [0.717, 1.165) is 57.4 Å². The van der Waals surface area contributed by atoms with Gasteiger partial charge in [-0.05, 0) is 70.2 Å². The van der Waals surface area contributed by atoms with E-state index in [1.807, 2.05) is 30.3 Å². The minimum Gasteiger partial charge on any atom is -0.461 e. The van der Waals surface area contributed by atoms with Gasteiger partial charge in [-0.1, -0.05) is 36.8 Å². The van der Waals surface area contributed by atoms with Crippen molar-refractivity contribution in [1.29, 1.82) is 0 Å². The van der Waals surface area contributed by atoms with Crippen LogP contribution >= 0.6 is 0 Å². The zero-order valence-corrected chi connectivity index (χ0v) is 21.2. The maximum Gasteiger partial charge on any atom is 0.457 e. The summed E-state index contributed by atoms with van der Waals surface area (Å²) < 4.78 is 23.7. The standard InChI is InChI=1S/C27H40BNO5/c1-26(2)27(3,4)34-28(33-26)12-8-11-22-23(25(30)32-16-19-9-6-5-7-10-19)13-20-14-29(15-24(20)22)21-17-31-18-21/h5-7,9-10,20-24H,8,11-18H2,1-4H3. The van der Waals surface area contributed by atoms with E-state index in [1.54, 1.807) is 0 Å². The largest absolute Gasteiger partial charge is 0.461 e. The molecule has 3 aliphatic heterocycles. The highest BCUT2D eigenvalue weighted by molar-refractivity contribution is 6.45. The van der Waals surface area contributed by atoms with Crippen molar-refractivity contribution in [3.63, 3.8) is 0 Å². The molecule has 4 unspecified atom stereocenters. The average Bonchev–Trinajstić information content (AvgIpc) is 3.35. The number of hydrogen-bond acceptors (Lipinski definition) is 6. The first kappa shape index (κ1) is 24.3. The zero-order chi connectivity index (χ0) is 23.9. The van der Waals surface area contributed by atoms with Gasteiger partial charge in [0.05, 0.1) is 36.4 Å². The van der Waals surface area contributed by atoms with Gasteiger partial charge in [0.2, 0.25) is 0 Å². The molecule has 3 heterocycles. The van der Waals surface area contributed by atoms with Crippen molar-refractivity contribution in [1.82, 2.24) is 4.90 Å². The Balaban J connectivity index is 1.20. The van der Waals surface area contributed by atoms with Crippen LogP contribution < -0.4 is 0 Å². The van der Waals surface area contributed by atoms with Crippen molar-refractivity contribution in [2.24, 2.45) is 23.7 Å². The van der Waals surface area contributed by atoms with E-state index < -0.39 is 0 Å². The van der Waals surface area contributed by atoms with Crippen LogP contribution in [0.25, 0.3) is 0 Å². The molecule has 0 amide bonds. The van der Waals surface area contributed by atoms with Crippen LogP contribution in [0, 0.1) is 23.7 Å². The predicted octanol–water partition coefficient (Wildman–Crippen LogP) is 4.19. The summed E-state index contributed by atoms with van der Waals surface area (Å²) in [4.78, 5) is 15.8. The highest BCUT2D eigenvalue weighted by Gasteiger charge is 2.53. The van der Waals surface area contributed by atoms with Crippen molar-refractivity contribution in [3.05, 3.63) is 35.9 Å². The maximum absolute atomic E-state index is 13.2. The zero-order valence-electron chi connectivity index (χ0n) is 21.2.